The molecule has 0 aliphatic carbocycles. The highest BCUT2D eigenvalue weighted by Crippen LogP contribution is 2.31. The Hall–Kier alpha value is -1.42. The first kappa shape index (κ1) is 12.0. The number of halogens is 1. The molecule has 0 radical (unpaired) electrons. The molecule has 92 valence electrons. The van der Waals surface area contributed by atoms with E-state index in [0.717, 1.165) is 11.1 Å². The van der Waals surface area contributed by atoms with Crippen LogP contribution in [-0.4, -0.2) is 19.7 Å². The van der Waals surface area contributed by atoms with Crippen LogP contribution in [0.2, 0.25) is 0 Å². The molecule has 0 saturated heterocycles. The molecule has 17 heavy (non-hydrogen) atoms. The summed E-state index contributed by atoms with van der Waals surface area (Å²) in [5, 5.41) is 0. The fourth-order valence-corrected chi connectivity index (χ4v) is 2.27. The second-order valence-electron chi connectivity index (χ2n) is 4.15. The molecule has 2 rings (SSSR count). The number of fused-ring (bicyclic) bond motifs is 1. The first-order valence-electron chi connectivity index (χ1n) is 5.61. The molecule has 0 N–H and O–H groups in total. The minimum absolute atomic E-state index is 0.0876. The summed E-state index contributed by atoms with van der Waals surface area (Å²) in [5.41, 5.74) is 2.53. The van der Waals surface area contributed by atoms with Gasteiger partial charge in [0.25, 0.3) is 0 Å². The number of carbonyl (C=O) groups is 1. The van der Waals surface area contributed by atoms with E-state index in [1.165, 1.54) is 19.2 Å². The second-order valence-corrected chi connectivity index (χ2v) is 4.15. The van der Waals surface area contributed by atoms with Gasteiger partial charge in [-0.2, -0.15) is 0 Å². The molecule has 4 heteroatoms. The van der Waals surface area contributed by atoms with Crippen LogP contribution in [-0.2, 0) is 27.1 Å². The number of methoxy groups -OCH3 is 1. The Labute approximate surface area is 99.5 Å². The number of esters is 1. The van der Waals surface area contributed by atoms with E-state index in [9.17, 15) is 9.18 Å². The maximum Gasteiger partial charge on any atom is 0.309 e. The Morgan fingerprint density at radius 3 is 3.06 bits per heavy atom. The predicted octanol–water partition coefficient (Wildman–Crippen LogP) is 2.17. The summed E-state index contributed by atoms with van der Waals surface area (Å²) in [4.78, 5) is 11.3. The lowest BCUT2D eigenvalue weighted by Crippen LogP contribution is -2.18. The lowest BCUT2D eigenvalue weighted by atomic mass is 9.91. The molecule has 0 amide bonds. The molecule has 1 aliphatic rings. The van der Waals surface area contributed by atoms with Gasteiger partial charge >= 0.3 is 5.97 Å². The van der Waals surface area contributed by atoms with Crippen LogP contribution in [0.25, 0.3) is 0 Å². The minimum atomic E-state index is -0.365. The Morgan fingerprint density at radius 2 is 2.35 bits per heavy atom. The van der Waals surface area contributed by atoms with E-state index in [2.05, 4.69) is 4.74 Å². The van der Waals surface area contributed by atoms with Gasteiger partial charge in [0.2, 0.25) is 0 Å². The maximum atomic E-state index is 13.4. The van der Waals surface area contributed by atoms with Crippen molar-refractivity contribution in [3.05, 3.63) is 34.6 Å². The Balaban J connectivity index is 2.42. The monoisotopic (exact) mass is 238 g/mol. The molecule has 0 aromatic heterocycles. The molecule has 1 aliphatic heterocycles. The van der Waals surface area contributed by atoms with Crippen molar-refractivity contribution in [1.29, 1.82) is 0 Å². The first-order chi connectivity index (χ1) is 8.11. The fraction of sp³-hybridized carbons (Fsp3) is 0.462. The van der Waals surface area contributed by atoms with Crippen LogP contribution < -0.4 is 0 Å². The average molecular weight is 238 g/mol. The Kier molecular flexibility index (Phi) is 3.43. The number of ether oxygens (including phenoxy) is 2. The molecule has 1 heterocycles. The van der Waals surface area contributed by atoms with Crippen molar-refractivity contribution in [3.8, 4) is 0 Å². The molecule has 1 atom stereocenters. The van der Waals surface area contributed by atoms with Gasteiger partial charge in [0.05, 0.1) is 26.2 Å². The molecular formula is C13H15FO3. The number of rotatable bonds is 2. The van der Waals surface area contributed by atoms with E-state index in [1.54, 1.807) is 0 Å². The van der Waals surface area contributed by atoms with Gasteiger partial charge in [0, 0.05) is 0 Å². The molecule has 0 spiro atoms. The highest BCUT2D eigenvalue weighted by molar-refractivity contribution is 5.73. The summed E-state index contributed by atoms with van der Waals surface area (Å²) in [6, 6.07) is 2.91. The number of hydrogen-bond acceptors (Lipinski definition) is 3. The van der Waals surface area contributed by atoms with Gasteiger partial charge in [-0.15, -0.1) is 0 Å². The van der Waals surface area contributed by atoms with Crippen molar-refractivity contribution in [1.82, 2.24) is 0 Å². The van der Waals surface area contributed by atoms with Crippen molar-refractivity contribution in [2.24, 2.45) is 0 Å². The lowest BCUT2D eigenvalue weighted by molar-refractivity contribution is -0.139. The standard InChI is InChI=1S/C13H15FO3/c1-8-13-9(3-4-17-8)5-11(14)6-10(13)7-12(15)16-2/h5-6,8H,3-4,7H2,1-2H3/t8-/m0/s1. The van der Waals surface area contributed by atoms with Crippen molar-refractivity contribution in [3.63, 3.8) is 0 Å². The average Bonchev–Trinajstić information content (AvgIpc) is 2.28. The predicted molar refractivity (Wildman–Crippen MR) is 60.2 cm³/mol. The zero-order valence-corrected chi connectivity index (χ0v) is 9.96. The molecule has 0 fully saturated rings. The van der Waals surface area contributed by atoms with Gasteiger partial charge in [0.15, 0.2) is 0 Å². The van der Waals surface area contributed by atoms with Gasteiger partial charge < -0.3 is 9.47 Å². The molecule has 1 aromatic rings. The molecular weight excluding hydrogens is 223 g/mol. The Bertz CT molecular complexity index is 443. The quantitative estimate of drug-likeness (QED) is 0.741. The van der Waals surface area contributed by atoms with E-state index in [4.69, 9.17) is 4.74 Å². The largest absolute Gasteiger partial charge is 0.469 e. The van der Waals surface area contributed by atoms with Crippen LogP contribution in [0.3, 0.4) is 0 Å². The van der Waals surface area contributed by atoms with E-state index < -0.39 is 0 Å². The van der Waals surface area contributed by atoms with Gasteiger partial charge in [0.1, 0.15) is 5.82 Å². The molecule has 0 saturated carbocycles. The van der Waals surface area contributed by atoms with Gasteiger partial charge in [-0.1, -0.05) is 0 Å². The van der Waals surface area contributed by atoms with E-state index in [0.29, 0.717) is 18.6 Å². The number of carbonyl (C=O) groups excluding carboxylic acids is 1. The van der Waals surface area contributed by atoms with E-state index in [1.807, 2.05) is 6.92 Å². The summed E-state index contributed by atoms with van der Waals surface area (Å²) in [6.07, 6.45) is 0.676. The maximum absolute atomic E-state index is 13.4. The fourth-order valence-electron chi connectivity index (χ4n) is 2.27. The molecule has 0 unspecified atom stereocenters. The van der Waals surface area contributed by atoms with E-state index >= 15 is 0 Å². The topological polar surface area (TPSA) is 35.5 Å². The third-order valence-corrected chi connectivity index (χ3v) is 3.02. The van der Waals surface area contributed by atoms with Gasteiger partial charge in [-0.05, 0) is 42.2 Å². The van der Waals surface area contributed by atoms with Crippen molar-refractivity contribution < 1.29 is 18.7 Å². The zero-order valence-electron chi connectivity index (χ0n) is 9.96. The van der Waals surface area contributed by atoms with Crippen LogP contribution in [0, 0.1) is 5.82 Å². The lowest BCUT2D eigenvalue weighted by Gasteiger charge is -2.25. The summed E-state index contributed by atoms with van der Waals surface area (Å²) >= 11 is 0. The number of benzene rings is 1. The minimum Gasteiger partial charge on any atom is -0.469 e. The first-order valence-corrected chi connectivity index (χ1v) is 5.61. The van der Waals surface area contributed by atoms with Crippen molar-refractivity contribution >= 4 is 5.97 Å². The molecule has 1 aromatic carbocycles. The summed E-state index contributed by atoms with van der Waals surface area (Å²) in [7, 11) is 1.33. The van der Waals surface area contributed by atoms with E-state index in [-0.39, 0.29) is 24.3 Å². The normalized spacial score (nSPS) is 18.6. The highest BCUT2D eigenvalue weighted by Gasteiger charge is 2.22. The van der Waals surface area contributed by atoms with Crippen LogP contribution >= 0.6 is 0 Å². The van der Waals surface area contributed by atoms with Gasteiger partial charge in [-0.25, -0.2) is 4.39 Å². The third-order valence-electron chi connectivity index (χ3n) is 3.02. The highest BCUT2D eigenvalue weighted by atomic mass is 19.1. The summed E-state index contributed by atoms with van der Waals surface area (Å²) in [5.74, 6) is -0.674. The van der Waals surface area contributed by atoms with Crippen molar-refractivity contribution in [2.75, 3.05) is 13.7 Å². The molecule has 3 nitrogen and oxygen atoms in total. The second kappa shape index (κ2) is 4.84. The van der Waals surface area contributed by atoms with Gasteiger partial charge in [-0.3, -0.25) is 4.79 Å². The smallest absolute Gasteiger partial charge is 0.309 e. The van der Waals surface area contributed by atoms with Crippen LogP contribution in [0.15, 0.2) is 12.1 Å². The molecule has 0 bridgehead atoms. The van der Waals surface area contributed by atoms with Crippen LogP contribution in [0.1, 0.15) is 29.7 Å². The van der Waals surface area contributed by atoms with Crippen molar-refractivity contribution in [2.45, 2.75) is 25.9 Å². The number of hydrogen-bond donors (Lipinski definition) is 0. The van der Waals surface area contributed by atoms with Crippen LogP contribution in [0.5, 0.6) is 0 Å². The third kappa shape index (κ3) is 2.47. The SMILES string of the molecule is COC(=O)Cc1cc(F)cc2c1[C@H](C)OCC2. The summed E-state index contributed by atoms with van der Waals surface area (Å²) < 4.78 is 23.6. The Morgan fingerprint density at radius 1 is 1.59 bits per heavy atom. The zero-order chi connectivity index (χ0) is 12.4. The summed E-state index contributed by atoms with van der Waals surface area (Å²) in [6.45, 7) is 2.51. The van der Waals surface area contributed by atoms with Crippen LogP contribution in [0.4, 0.5) is 4.39 Å².